The molecule has 0 radical (unpaired) electrons. The lowest BCUT2D eigenvalue weighted by atomic mass is 9.50. The molecule has 1 amide bonds. The number of aliphatic hydroxyl groups is 5. The maximum Gasteiger partial charge on any atom is 0.407 e. The Morgan fingerprint density at radius 1 is 0.902 bits per heavy atom. The summed E-state index contributed by atoms with van der Waals surface area (Å²) in [5, 5.41) is 54.5. The van der Waals surface area contributed by atoms with Gasteiger partial charge in [-0.3, -0.25) is 0 Å². The summed E-state index contributed by atoms with van der Waals surface area (Å²) in [6.07, 6.45) is 7.76. The largest absolute Gasteiger partial charge is 0.447 e. The van der Waals surface area contributed by atoms with Gasteiger partial charge < -0.3 is 50.8 Å². The fourth-order valence-corrected chi connectivity index (χ4v) is 6.19. The molecule has 8 atom stereocenters. The summed E-state index contributed by atoms with van der Waals surface area (Å²) < 4.78 is 16.3. The van der Waals surface area contributed by atoms with Crippen LogP contribution in [-0.2, 0) is 14.2 Å². The van der Waals surface area contributed by atoms with E-state index in [-0.39, 0.29) is 18.8 Å². The number of hydrogen-bond donors (Lipinski definition) is 7. The summed E-state index contributed by atoms with van der Waals surface area (Å²) >= 11 is 0. The third-order valence-corrected chi connectivity index (χ3v) is 9.09. The fourth-order valence-electron chi connectivity index (χ4n) is 6.19. The first-order valence-corrected chi connectivity index (χ1v) is 16.0. The third-order valence-electron chi connectivity index (χ3n) is 9.09. The Hall–Kier alpha value is -1.05. The van der Waals surface area contributed by atoms with Gasteiger partial charge in [-0.2, -0.15) is 0 Å². The molecule has 0 unspecified atom stereocenters. The Kier molecular flexibility index (Phi) is 14.5. The summed E-state index contributed by atoms with van der Waals surface area (Å²) in [5.41, 5.74) is 5.87. The van der Waals surface area contributed by atoms with E-state index < -0.39 is 55.0 Å². The lowest BCUT2D eigenvalue weighted by Crippen LogP contribution is -2.68. The van der Waals surface area contributed by atoms with Gasteiger partial charge >= 0.3 is 6.09 Å². The number of rotatable bonds is 21. The van der Waals surface area contributed by atoms with Gasteiger partial charge in [0.15, 0.2) is 6.29 Å². The van der Waals surface area contributed by atoms with Crippen LogP contribution in [0.3, 0.4) is 0 Å². The maximum absolute atomic E-state index is 12.1. The van der Waals surface area contributed by atoms with Gasteiger partial charge in [0.25, 0.3) is 0 Å². The molecule has 1 heterocycles. The van der Waals surface area contributed by atoms with Crippen molar-refractivity contribution in [2.45, 2.75) is 164 Å². The highest BCUT2D eigenvalue weighted by Crippen LogP contribution is 2.56. The molecule has 41 heavy (non-hydrogen) atoms. The van der Waals surface area contributed by atoms with E-state index in [4.69, 9.17) is 19.9 Å². The average molecular weight is 589 g/mol. The smallest absolute Gasteiger partial charge is 0.407 e. The molecule has 1 aliphatic heterocycles. The molecule has 4 fully saturated rings. The molecule has 11 heteroatoms. The second-order valence-corrected chi connectivity index (χ2v) is 12.7. The molecule has 8 N–H and O–H groups in total. The van der Waals surface area contributed by atoms with Gasteiger partial charge in [-0.05, 0) is 31.6 Å². The number of nitrogens with two attached hydrogens (primary N) is 1. The van der Waals surface area contributed by atoms with Gasteiger partial charge in [0.1, 0.15) is 31.0 Å². The molecule has 0 aromatic heterocycles. The Bertz CT molecular complexity index is 742. The second-order valence-electron chi connectivity index (χ2n) is 12.7. The van der Waals surface area contributed by atoms with E-state index >= 15 is 0 Å². The van der Waals surface area contributed by atoms with Crippen LogP contribution >= 0.6 is 0 Å². The Morgan fingerprint density at radius 2 is 1.46 bits per heavy atom. The summed E-state index contributed by atoms with van der Waals surface area (Å²) in [6.45, 7) is 1.62. The summed E-state index contributed by atoms with van der Waals surface area (Å²) in [5.74, 6) is 0.689. The van der Waals surface area contributed by atoms with Crippen LogP contribution in [0.2, 0.25) is 0 Å². The highest BCUT2D eigenvalue weighted by atomic mass is 16.7. The molecule has 2 bridgehead atoms. The van der Waals surface area contributed by atoms with Crippen LogP contribution in [-0.4, -0.2) is 99.3 Å². The fraction of sp³-hybridized carbons (Fsp3) is 0.967. The number of nitrogens with one attached hydrogen (secondary N) is 1. The van der Waals surface area contributed by atoms with Gasteiger partial charge in [0.2, 0.25) is 0 Å². The molecular weight excluding hydrogens is 532 g/mol. The molecule has 4 rings (SSSR count). The predicted molar refractivity (Wildman–Crippen MR) is 153 cm³/mol. The average Bonchev–Trinajstić information content (AvgIpc) is 2.91. The molecular formula is C30H56N2O9. The molecule has 0 spiro atoms. The molecule has 240 valence electrons. The first-order valence-electron chi connectivity index (χ1n) is 16.0. The quantitative estimate of drug-likeness (QED) is 0.0981. The number of alkyl carbamates (subject to hydrolysis) is 1. The molecule has 3 saturated carbocycles. The van der Waals surface area contributed by atoms with Crippen LogP contribution < -0.4 is 11.1 Å². The zero-order valence-electron chi connectivity index (χ0n) is 24.9. The normalized spacial score (nSPS) is 32.9. The summed E-state index contributed by atoms with van der Waals surface area (Å²) in [6, 6.07) is -0.962. The SMILES string of the molecule is CCCCCCCCCCCCCC[C@@H](O)[C@@H](O)[C@@H](N)CO[C@H]1O[C@H](COC(=O)NC23CC(C2)C3)[C@H](O)[C@H](O)[C@H]1O. The van der Waals surface area contributed by atoms with E-state index in [1.165, 1.54) is 57.8 Å². The number of hydrogen-bond acceptors (Lipinski definition) is 10. The minimum absolute atomic E-state index is 0.163. The first kappa shape index (κ1) is 34.4. The van der Waals surface area contributed by atoms with Gasteiger partial charge in [-0.1, -0.05) is 84.0 Å². The number of amides is 1. The molecule has 4 aliphatic rings. The zero-order valence-corrected chi connectivity index (χ0v) is 24.9. The van der Waals surface area contributed by atoms with Crippen LogP contribution in [0, 0.1) is 5.92 Å². The Balaban J connectivity index is 1.26. The van der Waals surface area contributed by atoms with E-state index in [2.05, 4.69) is 12.2 Å². The van der Waals surface area contributed by atoms with Crippen molar-refractivity contribution in [2.75, 3.05) is 13.2 Å². The number of aliphatic hydroxyl groups excluding tert-OH is 5. The van der Waals surface area contributed by atoms with E-state index in [0.717, 1.165) is 38.5 Å². The van der Waals surface area contributed by atoms with E-state index in [1.54, 1.807) is 0 Å². The topological polar surface area (TPSA) is 184 Å². The van der Waals surface area contributed by atoms with Crippen LogP contribution in [0.4, 0.5) is 4.79 Å². The molecule has 3 aliphatic carbocycles. The van der Waals surface area contributed by atoms with Crippen molar-refractivity contribution in [1.82, 2.24) is 5.32 Å². The number of carbonyl (C=O) groups excluding carboxylic acids is 1. The van der Waals surface area contributed by atoms with E-state index in [9.17, 15) is 30.3 Å². The van der Waals surface area contributed by atoms with Crippen molar-refractivity contribution in [3.63, 3.8) is 0 Å². The van der Waals surface area contributed by atoms with E-state index in [0.29, 0.717) is 12.3 Å². The van der Waals surface area contributed by atoms with Gasteiger partial charge in [-0.15, -0.1) is 0 Å². The van der Waals surface area contributed by atoms with Gasteiger partial charge in [-0.25, -0.2) is 4.79 Å². The van der Waals surface area contributed by atoms with Gasteiger partial charge in [0.05, 0.1) is 24.9 Å². The van der Waals surface area contributed by atoms with E-state index in [1.807, 2.05) is 0 Å². The lowest BCUT2D eigenvalue weighted by Gasteiger charge is -2.61. The first-order chi connectivity index (χ1) is 19.7. The van der Waals surface area contributed by atoms with Crippen LogP contribution in [0.15, 0.2) is 0 Å². The lowest BCUT2D eigenvalue weighted by molar-refractivity contribution is -0.302. The summed E-state index contributed by atoms with van der Waals surface area (Å²) in [4.78, 5) is 12.1. The van der Waals surface area contributed by atoms with Crippen LogP contribution in [0.5, 0.6) is 0 Å². The minimum atomic E-state index is -1.60. The zero-order chi connectivity index (χ0) is 29.8. The Morgan fingerprint density at radius 3 is 2.00 bits per heavy atom. The third kappa shape index (κ3) is 10.6. The molecule has 11 nitrogen and oxygen atoms in total. The highest BCUT2D eigenvalue weighted by molar-refractivity contribution is 5.69. The number of carbonyl (C=O) groups is 1. The predicted octanol–water partition coefficient (Wildman–Crippen LogP) is 2.23. The van der Waals surface area contributed by atoms with Crippen molar-refractivity contribution in [3.05, 3.63) is 0 Å². The van der Waals surface area contributed by atoms with Gasteiger partial charge in [0, 0.05) is 5.54 Å². The molecule has 1 saturated heterocycles. The summed E-state index contributed by atoms with van der Waals surface area (Å²) in [7, 11) is 0. The standard InChI is InChI=1S/C30H56N2O9/c1-2-3-4-5-6-7-8-9-10-11-12-13-14-22(33)24(34)21(31)18-39-28-27(37)26(36)25(35)23(41-28)19-40-29(38)32-30-15-20(16-30)17-30/h20-28,33-37H,2-19,31H2,1H3,(H,32,38)/t20?,21-,22+,23+,24-,25-,26-,27+,28-,30?/m0/s1. The molecule has 0 aromatic carbocycles. The van der Waals surface area contributed by atoms with Crippen molar-refractivity contribution in [2.24, 2.45) is 11.7 Å². The number of unbranched alkanes of at least 4 members (excludes halogenated alkanes) is 11. The minimum Gasteiger partial charge on any atom is -0.447 e. The van der Waals surface area contributed by atoms with Crippen LogP contribution in [0.25, 0.3) is 0 Å². The van der Waals surface area contributed by atoms with Crippen LogP contribution in [0.1, 0.15) is 110 Å². The van der Waals surface area contributed by atoms with Crippen molar-refractivity contribution in [1.29, 1.82) is 0 Å². The Labute approximate surface area is 245 Å². The second kappa shape index (κ2) is 17.3. The highest BCUT2D eigenvalue weighted by Gasteiger charge is 2.57. The monoisotopic (exact) mass is 588 g/mol. The molecule has 0 aromatic rings. The van der Waals surface area contributed by atoms with Crippen molar-refractivity contribution < 1.29 is 44.5 Å². The maximum atomic E-state index is 12.1. The van der Waals surface area contributed by atoms with Crippen molar-refractivity contribution in [3.8, 4) is 0 Å². The number of ether oxygens (including phenoxy) is 3. The van der Waals surface area contributed by atoms with Crippen molar-refractivity contribution >= 4 is 6.09 Å².